The quantitative estimate of drug-likeness (QED) is 0.695. The monoisotopic (exact) mass is 325 g/mol. The van der Waals surface area contributed by atoms with Crippen molar-refractivity contribution in [3.05, 3.63) is 35.2 Å². The number of rotatable bonds is 3. The summed E-state index contributed by atoms with van der Waals surface area (Å²) in [6.07, 6.45) is 2.13. The third-order valence-corrected chi connectivity index (χ3v) is 4.83. The Morgan fingerprint density at radius 1 is 1.30 bits per heavy atom. The number of aliphatic imine (C=N–C) groups is 1. The van der Waals surface area contributed by atoms with Crippen LogP contribution in [0.25, 0.3) is 16.3 Å². The number of fused-ring (bicyclic) bond motifs is 1. The third kappa shape index (κ3) is 2.43. The minimum absolute atomic E-state index is 0.0237. The van der Waals surface area contributed by atoms with Crippen molar-refractivity contribution in [1.29, 1.82) is 0 Å². The van der Waals surface area contributed by atoms with E-state index in [9.17, 15) is 4.79 Å². The van der Waals surface area contributed by atoms with Gasteiger partial charge in [0, 0.05) is 18.7 Å². The Balaban J connectivity index is 1.81. The first-order valence-corrected chi connectivity index (χ1v) is 8.35. The highest BCUT2D eigenvalue weighted by Gasteiger charge is 2.21. The van der Waals surface area contributed by atoms with E-state index in [4.69, 9.17) is 0 Å². The Kier molecular flexibility index (Phi) is 3.42. The SMILES string of the molecule is C=Nc1cc(C(=O)N2CCCC2)cc2nc(-c3cccs3)nn12. The summed E-state index contributed by atoms with van der Waals surface area (Å²) in [5.41, 5.74) is 1.20. The highest BCUT2D eigenvalue weighted by molar-refractivity contribution is 7.13. The molecule has 23 heavy (non-hydrogen) atoms. The molecule has 7 heteroatoms. The molecule has 0 aliphatic carbocycles. The zero-order valence-electron chi connectivity index (χ0n) is 12.5. The zero-order valence-corrected chi connectivity index (χ0v) is 13.3. The average Bonchev–Trinajstić information content (AvgIpc) is 3.33. The lowest BCUT2D eigenvalue weighted by Gasteiger charge is -2.15. The van der Waals surface area contributed by atoms with Gasteiger partial charge in [-0.25, -0.2) is 9.98 Å². The Bertz CT molecular complexity index is 877. The van der Waals surface area contributed by atoms with Crippen LogP contribution in [0.4, 0.5) is 5.82 Å². The van der Waals surface area contributed by atoms with Crippen molar-refractivity contribution in [1.82, 2.24) is 19.5 Å². The van der Waals surface area contributed by atoms with Gasteiger partial charge in [0.05, 0.1) is 4.88 Å². The van der Waals surface area contributed by atoms with Crippen LogP contribution in [0.15, 0.2) is 34.6 Å². The van der Waals surface area contributed by atoms with Gasteiger partial charge < -0.3 is 4.90 Å². The van der Waals surface area contributed by atoms with Gasteiger partial charge in [-0.05, 0) is 43.1 Å². The number of carbonyl (C=O) groups excluding carboxylic acids is 1. The zero-order chi connectivity index (χ0) is 15.8. The summed E-state index contributed by atoms with van der Waals surface area (Å²) in [6, 6.07) is 7.43. The third-order valence-electron chi connectivity index (χ3n) is 3.96. The molecule has 1 aliphatic rings. The van der Waals surface area contributed by atoms with E-state index in [0.717, 1.165) is 30.8 Å². The highest BCUT2D eigenvalue weighted by atomic mass is 32.1. The molecule has 0 unspecified atom stereocenters. The first-order valence-electron chi connectivity index (χ1n) is 7.47. The smallest absolute Gasteiger partial charge is 0.254 e. The largest absolute Gasteiger partial charge is 0.339 e. The summed E-state index contributed by atoms with van der Waals surface area (Å²) in [4.78, 5) is 24.0. The maximum Gasteiger partial charge on any atom is 0.254 e. The first-order chi connectivity index (χ1) is 11.3. The summed E-state index contributed by atoms with van der Waals surface area (Å²) in [7, 11) is 0. The number of aromatic nitrogens is 3. The van der Waals surface area contributed by atoms with Crippen molar-refractivity contribution in [3.8, 4) is 10.7 Å². The summed E-state index contributed by atoms with van der Waals surface area (Å²) in [5.74, 6) is 1.19. The van der Waals surface area contributed by atoms with Crippen LogP contribution in [0.2, 0.25) is 0 Å². The maximum atomic E-state index is 12.6. The van der Waals surface area contributed by atoms with Crippen LogP contribution in [0.3, 0.4) is 0 Å². The van der Waals surface area contributed by atoms with Crippen LogP contribution in [0.5, 0.6) is 0 Å². The molecule has 6 nitrogen and oxygen atoms in total. The van der Waals surface area contributed by atoms with Crippen LogP contribution in [0, 0.1) is 0 Å². The normalized spacial score (nSPS) is 14.5. The molecule has 0 spiro atoms. The van der Waals surface area contributed by atoms with E-state index in [1.165, 1.54) is 0 Å². The Hall–Kier alpha value is -2.54. The molecule has 1 saturated heterocycles. The van der Waals surface area contributed by atoms with Crippen LogP contribution in [-0.2, 0) is 0 Å². The standard InChI is InChI=1S/C16H15N5OS/c1-17-13-9-11(16(22)20-6-2-3-7-20)10-14-18-15(19-21(13)14)12-5-4-8-23-12/h4-5,8-10H,1-3,6-7H2. The number of thiophene rings is 1. The number of pyridine rings is 1. The van der Waals surface area contributed by atoms with Gasteiger partial charge in [0.15, 0.2) is 17.3 Å². The van der Waals surface area contributed by atoms with Crippen molar-refractivity contribution in [3.63, 3.8) is 0 Å². The van der Waals surface area contributed by atoms with E-state index in [1.807, 2.05) is 22.4 Å². The number of hydrogen-bond acceptors (Lipinski definition) is 5. The molecule has 1 aliphatic heterocycles. The van der Waals surface area contributed by atoms with Gasteiger partial charge in [-0.2, -0.15) is 4.52 Å². The molecule has 0 atom stereocenters. The molecule has 0 bridgehead atoms. The molecule has 0 saturated carbocycles. The van der Waals surface area contributed by atoms with E-state index < -0.39 is 0 Å². The molecular weight excluding hydrogens is 310 g/mol. The Morgan fingerprint density at radius 3 is 2.83 bits per heavy atom. The van der Waals surface area contributed by atoms with Gasteiger partial charge in [0.1, 0.15) is 0 Å². The fourth-order valence-corrected chi connectivity index (χ4v) is 3.47. The maximum absolute atomic E-state index is 12.6. The van der Waals surface area contributed by atoms with Crippen LogP contribution < -0.4 is 0 Å². The fraction of sp³-hybridized carbons (Fsp3) is 0.250. The molecular formula is C16H15N5OS. The number of hydrogen-bond donors (Lipinski definition) is 0. The molecule has 3 aromatic heterocycles. The van der Waals surface area contributed by atoms with Gasteiger partial charge in [-0.15, -0.1) is 16.4 Å². The molecule has 0 aromatic carbocycles. The molecule has 3 aromatic rings. The van der Waals surface area contributed by atoms with Crippen molar-refractivity contribution < 1.29 is 4.79 Å². The second-order valence-corrected chi connectivity index (χ2v) is 6.39. The fourth-order valence-electron chi connectivity index (χ4n) is 2.82. The van der Waals surface area contributed by atoms with Gasteiger partial charge in [0.2, 0.25) is 0 Å². The number of likely N-dealkylation sites (tertiary alicyclic amines) is 1. The summed E-state index contributed by atoms with van der Waals surface area (Å²) >= 11 is 1.58. The second kappa shape index (κ2) is 5.58. The molecule has 0 N–H and O–H groups in total. The van der Waals surface area contributed by atoms with Crippen LogP contribution in [-0.4, -0.2) is 45.2 Å². The summed E-state index contributed by atoms with van der Waals surface area (Å²) in [6.45, 7) is 5.22. The van der Waals surface area contributed by atoms with E-state index in [1.54, 1.807) is 28.0 Å². The highest BCUT2D eigenvalue weighted by Crippen LogP contribution is 2.25. The van der Waals surface area contributed by atoms with E-state index in [0.29, 0.717) is 22.9 Å². The minimum Gasteiger partial charge on any atom is -0.339 e. The van der Waals surface area contributed by atoms with Gasteiger partial charge in [0.25, 0.3) is 5.91 Å². The topological polar surface area (TPSA) is 62.9 Å². The molecule has 1 fully saturated rings. The van der Waals surface area contributed by atoms with E-state index >= 15 is 0 Å². The van der Waals surface area contributed by atoms with E-state index in [2.05, 4.69) is 21.8 Å². The van der Waals surface area contributed by atoms with Gasteiger partial charge in [-0.1, -0.05) is 6.07 Å². The first kappa shape index (κ1) is 14.1. The van der Waals surface area contributed by atoms with Gasteiger partial charge >= 0.3 is 0 Å². The lowest BCUT2D eigenvalue weighted by molar-refractivity contribution is 0.0793. The average molecular weight is 325 g/mol. The second-order valence-electron chi connectivity index (χ2n) is 5.44. The lowest BCUT2D eigenvalue weighted by atomic mass is 10.2. The number of nitrogens with zero attached hydrogens (tertiary/aromatic N) is 5. The molecule has 1 amide bonds. The molecule has 4 heterocycles. The minimum atomic E-state index is 0.0237. The number of amides is 1. The van der Waals surface area contributed by atoms with Crippen LogP contribution >= 0.6 is 11.3 Å². The Labute approximate surface area is 137 Å². The summed E-state index contributed by atoms with van der Waals surface area (Å²) in [5, 5.41) is 6.46. The van der Waals surface area contributed by atoms with Gasteiger partial charge in [-0.3, -0.25) is 4.79 Å². The van der Waals surface area contributed by atoms with Crippen molar-refractivity contribution >= 4 is 35.4 Å². The Morgan fingerprint density at radius 2 is 2.13 bits per heavy atom. The predicted molar refractivity (Wildman–Crippen MR) is 90.6 cm³/mol. The van der Waals surface area contributed by atoms with Crippen molar-refractivity contribution in [2.24, 2.45) is 4.99 Å². The van der Waals surface area contributed by atoms with Crippen molar-refractivity contribution in [2.75, 3.05) is 13.1 Å². The van der Waals surface area contributed by atoms with Crippen molar-refractivity contribution in [2.45, 2.75) is 12.8 Å². The molecule has 4 rings (SSSR count). The lowest BCUT2D eigenvalue weighted by Crippen LogP contribution is -2.27. The van der Waals surface area contributed by atoms with E-state index in [-0.39, 0.29) is 5.91 Å². The number of carbonyl (C=O) groups is 1. The summed E-state index contributed by atoms with van der Waals surface area (Å²) < 4.78 is 1.63. The molecule has 0 radical (unpaired) electrons. The predicted octanol–water partition coefficient (Wildman–Crippen LogP) is 3.03. The van der Waals surface area contributed by atoms with Crippen LogP contribution in [0.1, 0.15) is 23.2 Å². The molecule has 116 valence electrons.